The number of ether oxygens (including phenoxy) is 2. The Labute approximate surface area is 203 Å². The highest BCUT2D eigenvalue weighted by atomic mass is 16.5. The predicted octanol–water partition coefficient (Wildman–Crippen LogP) is 3.07. The first-order valence-corrected chi connectivity index (χ1v) is 12.5. The Morgan fingerprint density at radius 2 is 1.79 bits per heavy atom. The Morgan fingerprint density at radius 1 is 1.06 bits per heavy atom. The fourth-order valence-electron chi connectivity index (χ4n) is 4.42. The molecule has 2 fully saturated rings. The minimum atomic E-state index is -0.0853. The number of anilines is 2. The summed E-state index contributed by atoms with van der Waals surface area (Å²) >= 11 is 0. The summed E-state index contributed by atoms with van der Waals surface area (Å²) in [7, 11) is 3.60. The number of hydrogen-bond acceptors (Lipinski definition) is 8. The van der Waals surface area contributed by atoms with Crippen LogP contribution in [0.3, 0.4) is 0 Å². The van der Waals surface area contributed by atoms with E-state index in [-0.39, 0.29) is 12.3 Å². The molecule has 2 aliphatic heterocycles. The summed E-state index contributed by atoms with van der Waals surface area (Å²) in [6.45, 7) is 9.62. The number of likely N-dealkylation sites (N-methyl/N-ethyl adjacent to an activating group) is 1. The monoisotopic (exact) mass is 466 g/mol. The lowest BCUT2D eigenvalue weighted by molar-refractivity contribution is 0.0675. The van der Waals surface area contributed by atoms with Crippen molar-refractivity contribution in [3.63, 3.8) is 0 Å². The molecule has 0 spiro atoms. The summed E-state index contributed by atoms with van der Waals surface area (Å²) in [6.07, 6.45) is 4.94. The number of aromatic nitrogens is 2. The molecule has 0 bridgehead atoms. The molecular weight excluding hydrogens is 428 g/mol. The smallest absolute Gasteiger partial charge is 0.227 e. The summed E-state index contributed by atoms with van der Waals surface area (Å²) in [5.41, 5.74) is 1.73. The largest absolute Gasteiger partial charge is 0.495 e. The summed E-state index contributed by atoms with van der Waals surface area (Å²) in [5, 5.41) is 7.73. The third-order valence-electron chi connectivity index (χ3n) is 6.37. The molecule has 0 radical (unpaired) electrons. The van der Waals surface area contributed by atoms with Gasteiger partial charge in [-0.2, -0.15) is 4.98 Å². The van der Waals surface area contributed by atoms with Crippen LogP contribution in [0.1, 0.15) is 45.1 Å². The van der Waals surface area contributed by atoms with Gasteiger partial charge in [0.15, 0.2) is 0 Å². The lowest BCUT2D eigenvalue weighted by Gasteiger charge is -2.23. The van der Waals surface area contributed by atoms with Gasteiger partial charge in [-0.05, 0) is 71.8 Å². The van der Waals surface area contributed by atoms with Gasteiger partial charge in [0.2, 0.25) is 5.95 Å². The second kappa shape index (κ2) is 11.7. The number of methoxy groups -OCH3 is 1. The molecule has 0 amide bonds. The van der Waals surface area contributed by atoms with Crippen LogP contribution in [0, 0.1) is 11.8 Å². The van der Waals surface area contributed by atoms with Crippen molar-refractivity contribution < 1.29 is 9.47 Å². The number of likely N-dealkylation sites (tertiary alicyclic amines) is 1. The maximum Gasteiger partial charge on any atom is 0.227 e. The normalized spacial score (nSPS) is 17.3. The maximum absolute atomic E-state index is 5.83. The molecular formula is C26H38N6O2. The van der Waals surface area contributed by atoms with Crippen molar-refractivity contribution in [1.82, 2.24) is 20.2 Å². The van der Waals surface area contributed by atoms with Crippen LogP contribution in [-0.4, -0.2) is 80.6 Å². The van der Waals surface area contributed by atoms with E-state index in [9.17, 15) is 0 Å². The fraction of sp³-hybridized carbons (Fsp3) is 0.615. The molecule has 8 nitrogen and oxygen atoms in total. The van der Waals surface area contributed by atoms with Gasteiger partial charge < -0.3 is 19.7 Å². The molecule has 2 saturated heterocycles. The molecule has 1 aromatic carbocycles. The molecule has 3 heterocycles. The number of nitrogens with one attached hydrogen (secondary N) is 2. The minimum absolute atomic E-state index is 0.0853. The van der Waals surface area contributed by atoms with Crippen LogP contribution in [0.2, 0.25) is 0 Å². The van der Waals surface area contributed by atoms with Gasteiger partial charge >= 0.3 is 0 Å². The fourth-order valence-corrected chi connectivity index (χ4v) is 4.42. The quantitative estimate of drug-likeness (QED) is 0.432. The van der Waals surface area contributed by atoms with E-state index < -0.39 is 0 Å². The number of nitrogens with zero attached hydrogens (tertiary/aromatic N) is 4. The molecule has 2 N–H and O–H groups in total. The van der Waals surface area contributed by atoms with Crippen molar-refractivity contribution in [3.8, 4) is 17.6 Å². The van der Waals surface area contributed by atoms with E-state index in [0.717, 1.165) is 66.7 Å². The lowest BCUT2D eigenvalue weighted by Crippen LogP contribution is -2.39. The molecule has 1 unspecified atom stereocenters. The molecule has 0 saturated carbocycles. The van der Waals surface area contributed by atoms with Gasteiger partial charge in [0, 0.05) is 18.5 Å². The number of fused-ring (bicyclic) bond motifs is 1. The molecule has 34 heavy (non-hydrogen) atoms. The Hall–Kier alpha value is -2.60. The van der Waals surface area contributed by atoms with E-state index in [4.69, 9.17) is 19.4 Å². The van der Waals surface area contributed by atoms with Crippen molar-refractivity contribution in [2.45, 2.75) is 51.8 Å². The second-order valence-corrected chi connectivity index (χ2v) is 9.29. The first-order chi connectivity index (χ1) is 16.6. The molecule has 2 aromatic rings. The van der Waals surface area contributed by atoms with E-state index in [1.165, 1.54) is 25.7 Å². The van der Waals surface area contributed by atoms with Crippen LogP contribution in [0.5, 0.6) is 5.75 Å². The Bertz CT molecular complexity index is 1020. The van der Waals surface area contributed by atoms with Crippen molar-refractivity contribution in [1.29, 1.82) is 0 Å². The minimum Gasteiger partial charge on any atom is -0.495 e. The van der Waals surface area contributed by atoms with Gasteiger partial charge in [0.1, 0.15) is 17.7 Å². The average Bonchev–Trinajstić information content (AvgIpc) is 3.55. The zero-order valence-corrected chi connectivity index (χ0v) is 21.0. The molecule has 4 rings (SSSR count). The first kappa shape index (κ1) is 24.5. The maximum atomic E-state index is 5.83. The second-order valence-electron chi connectivity index (χ2n) is 9.29. The van der Waals surface area contributed by atoms with Gasteiger partial charge in [-0.15, -0.1) is 0 Å². The van der Waals surface area contributed by atoms with Gasteiger partial charge in [-0.3, -0.25) is 10.2 Å². The predicted molar refractivity (Wildman–Crippen MR) is 138 cm³/mol. The van der Waals surface area contributed by atoms with E-state index in [2.05, 4.69) is 32.3 Å². The van der Waals surface area contributed by atoms with Gasteiger partial charge in [-0.25, -0.2) is 4.98 Å². The summed E-state index contributed by atoms with van der Waals surface area (Å²) < 4.78 is 11.6. The highest BCUT2D eigenvalue weighted by Crippen LogP contribution is 2.31. The standard InChI is InChI=1S/C26H38N6O2/c1-19(2)34-18-24(27-3)29-25-21-17-23(33-4)20(10-9-13-31-11-5-6-12-31)16-22(21)28-26(30-25)32-14-7-8-15-32/h16-17,19,24,27H,5-8,11-15,18H2,1-4H3,(H,28,29,30). The van der Waals surface area contributed by atoms with Gasteiger partial charge in [-0.1, -0.05) is 11.8 Å². The Kier molecular flexibility index (Phi) is 8.44. The van der Waals surface area contributed by atoms with Crippen molar-refractivity contribution in [3.05, 3.63) is 17.7 Å². The Balaban J connectivity index is 1.69. The summed E-state index contributed by atoms with van der Waals surface area (Å²) in [5.74, 6) is 8.94. The zero-order chi connectivity index (χ0) is 23.9. The topological polar surface area (TPSA) is 74.8 Å². The molecule has 8 heteroatoms. The highest BCUT2D eigenvalue weighted by molar-refractivity contribution is 5.92. The van der Waals surface area contributed by atoms with Crippen molar-refractivity contribution in [2.24, 2.45) is 0 Å². The van der Waals surface area contributed by atoms with Crippen LogP contribution in [0.15, 0.2) is 12.1 Å². The molecule has 0 aliphatic carbocycles. The number of hydrogen-bond donors (Lipinski definition) is 2. The average molecular weight is 467 g/mol. The third kappa shape index (κ3) is 6.09. The highest BCUT2D eigenvalue weighted by Gasteiger charge is 2.20. The van der Waals surface area contributed by atoms with Gasteiger partial charge in [0.25, 0.3) is 0 Å². The van der Waals surface area contributed by atoms with Gasteiger partial charge in [0.05, 0.1) is 37.4 Å². The van der Waals surface area contributed by atoms with Crippen LogP contribution < -0.4 is 20.3 Å². The summed E-state index contributed by atoms with van der Waals surface area (Å²) in [6, 6.07) is 4.04. The number of benzene rings is 1. The zero-order valence-electron chi connectivity index (χ0n) is 21.0. The molecule has 2 aliphatic rings. The van der Waals surface area contributed by atoms with E-state index in [1.807, 2.05) is 33.0 Å². The van der Waals surface area contributed by atoms with Crippen molar-refractivity contribution in [2.75, 3.05) is 63.7 Å². The summed E-state index contributed by atoms with van der Waals surface area (Å²) in [4.78, 5) is 14.5. The molecule has 184 valence electrons. The van der Waals surface area contributed by atoms with Crippen molar-refractivity contribution >= 4 is 22.7 Å². The van der Waals surface area contributed by atoms with Crippen LogP contribution in [-0.2, 0) is 4.74 Å². The van der Waals surface area contributed by atoms with E-state index in [1.54, 1.807) is 7.11 Å². The van der Waals surface area contributed by atoms with E-state index in [0.29, 0.717) is 6.61 Å². The van der Waals surface area contributed by atoms with Crippen LogP contribution in [0.4, 0.5) is 11.8 Å². The molecule has 1 atom stereocenters. The Morgan fingerprint density at radius 3 is 2.47 bits per heavy atom. The molecule has 1 aromatic heterocycles. The third-order valence-corrected chi connectivity index (χ3v) is 6.37. The van der Waals surface area contributed by atoms with Crippen LogP contribution in [0.25, 0.3) is 10.9 Å². The number of rotatable bonds is 9. The van der Waals surface area contributed by atoms with E-state index >= 15 is 0 Å². The SMILES string of the molecule is CNC(COC(C)C)Nc1nc(N2CCCC2)nc2cc(C#CCN3CCCC3)c(OC)cc12. The lowest BCUT2D eigenvalue weighted by atomic mass is 10.1. The van der Waals surface area contributed by atoms with Crippen LogP contribution >= 0.6 is 0 Å². The first-order valence-electron chi connectivity index (χ1n) is 12.5.